The van der Waals surface area contributed by atoms with Crippen molar-refractivity contribution >= 4 is 41.4 Å². The molecule has 0 bridgehead atoms. The van der Waals surface area contributed by atoms with E-state index in [1.165, 1.54) is 18.7 Å². The van der Waals surface area contributed by atoms with Crippen molar-refractivity contribution in [1.29, 1.82) is 0 Å². The molecule has 4 unspecified atom stereocenters. The predicted octanol–water partition coefficient (Wildman–Crippen LogP) is -2.37. The van der Waals surface area contributed by atoms with E-state index in [1.807, 2.05) is 6.26 Å². The number of thioether (sulfide) groups is 1. The Labute approximate surface area is 185 Å². The van der Waals surface area contributed by atoms with Gasteiger partial charge in [0.2, 0.25) is 23.6 Å². The molecule has 10 N–H and O–H groups in total. The van der Waals surface area contributed by atoms with Gasteiger partial charge in [0.25, 0.3) is 0 Å². The van der Waals surface area contributed by atoms with Crippen LogP contribution in [0.15, 0.2) is 0 Å². The third-order valence-electron chi connectivity index (χ3n) is 4.32. The molecule has 13 heteroatoms. The van der Waals surface area contributed by atoms with E-state index in [0.717, 1.165) is 0 Å². The Morgan fingerprint density at radius 3 is 2.06 bits per heavy atom. The number of aliphatic carboxylic acids is 1. The van der Waals surface area contributed by atoms with Gasteiger partial charge in [-0.15, -0.1) is 0 Å². The van der Waals surface area contributed by atoms with Gasteiger partial charge < -0.3 is 38.3 Å². The summed E-state index contributed by atoms with van der Waals surface area (Å²) in [5.74, 6) is -3.43. The van der Waals surface area contributed by atoms with Crippen LogP contribution in [0.5, 0.6) is 0 Å². The van der Waals surface area contributed by atoms with Crippen LogP contribution in [0.3, 0.4) is 0 Å². The summed E-state index contributed by atoms with van der Waals surface area (Å²) >= 11 is 1.45. The van der Waals surface area contributed by atoms with E-state index >= 15 is 0 Å². The van der Waals surface area contributed by atoms with Crippen molar-refractivity contribution < 1.29 is 29.1 Å². The molecule has 0 fully saturated rings. The fraction of sp³-hybridized carbons (Fsp3) is 0.722. The Balaban J connectivity index is 5.08. The molecule has 0 heterocycles. The monoisotopic (exact) mass is 462 g/mol. The van der Waals surface area contributed by atoms with E-state index in [4.69, 9.17) is 17.2 Å². The Bertz CT molecular complexity index is 635. The van der Waals surface area contributed by atoms with Gasteiger partial charge in [-0.1, -0.05) is 0 Å². The van der Waals surface area contributed by atoms with Gasteiger partial charge in [-0.05, 0) is 51.2 Å². The molecule has 0 saturated heterocycles. The Hall–Kier alpha value is -2.38. The highest BCUT2D eigenvalue weighted by molar-refractivity contribution is 7.98. The summed E-state index contributed by atoms with van der Waals surface area (Å²) in [6, 6.07) is -4.35. The van der Waals surface area contributed by atoms with Gasteiger partial charge in [0.1, 0.15) is 18.1 Å². The summed E-state index contributed by atoms with van der Waals surface area (Å²) in [7, 11) is 0. The fourth-order valence-corrected chi connectivity index (χ4v) is 2.99. The highest BCUT2D eigenvalue weighted by Gasteiger charge is 2.28. The average molecular weight is 463 g/mol. The van der Waals surface area contributed by atoms with Gasteiger partial charge in [-0.2, -0.15) is 11.8 Å². The van der Waals surface area contributed by atoms with E-state index in [9.17, 15) is 29.1 Å². The van der Waals surface area contributed by atoms with Crippen molar-refractivity contribution in [3.63, 3.8) is 0 Å². The first-order valence-electron chi connectivity index (χ1n) is 9.90. The van der Waals surface area contributed by atoms with Gasteiger partial charge >= 0.3 is 5.97 Å². The number of nitrogens with two attached hydrogens (primary N) is 3. The summed E-state index contributed by atoms with van der Waals surface area (Å²) in [6.07, 6.45) is 3.06. The molecule has 4 amide bonds. The number of hydrogen-bond acceptors (Lipinski definition) is 8. The van der Waals surface area contributed by atoms with Crippen molar-refractivity contribution in [2.45, 2.75) is 63.2 Å². The molecule has 0 aromatic carbocycles. The SMILES string of the molecule is CSCCC(NC(=O)C(CCCCN)NC(=O)C(C)NC(=O)C(N)CC(N)=O)C(=O)O. The number of primary amides is 1. The van der Waals surface area contributed by atoms with Crippen LogP contribution in [0.1, 0.15) is 39.0 Å². The van der Waals surface area contributed by atoms with Crippen molar-refractivity contribution in [2.75, 3.05) is 18.6 Å². The lowest BCUT2D eigenvalue weighted by Crippen LogP contribution is -2.56. The summed E-state index contributed by atoms with van der Waals surface area (Å²) in [5.41, 5.74) is 16.0. The van der Waals surface area contributed by atoms with E-state index < -0.39 is 53.8 Å². The number of carbonyl (C=O) groups is 5. The molecule has 0 rings (SSSR count). The number of nitrogens with one attached hydrogen (secondary N) is 3. The number of hydrogen-bond donors (Lipinski definition) is 7. The summed E-state index contributed by atoms with van der Waals surface area (Å²) in [5, 5.41) is 16.6. The molecule has 0 aliphatic carbocycles. The largest absolute Gasteiger partial charge is 0.480 e. The van der Waals surface area contributed by atoms with Crippen molar-refractivity contribution in [3.05, 3.63) is 0 Å². The Kier molecular flexibility index (Phi) is 14.2. The van der Waals surface area contributed by atoms with Crippen LogP contribution in [0, 0.1) is 0 Å². The summed E-state index contributed by atoms with van der Waals surface area (Å²) < 4.78 is 0. The molecular formula is C18H34N6O6S. The first-order chi connectivity index (χ1) is 14.5. The van der Waals surface area contributed by atoms with Crippen LogP contribution < -0.4 is 33.2 Å². The normalized spacial score (nSPS) is 14.6. The maximum Gasteiger partial charge on any atom is 0.326 e. The second-order valence-corrected chi connectivity index (χ2v) is 8.02. The second-order valence-electron chi connectivity index (χ2n) is 7.03. The third-order valence-corrected chi connectivity index (χ3v) is 4.96. The van der Waals surface area contributed by atoms with Gasteiger partial charge in [0.05, 0.1) is 12.5 Å². The molecule has 178 valence electrons. The van der Waals surface area contributed by atoms with Gasteiger partial charge in [-0.3, -0.25) is 19.2 Å². The van der Waals surface area contributed by atoms with Crippen LogP contribution in [0.4, 0.5) is 0 Å². The summed E-state index contributed by atoms with van der Waals surface area (Å²) in [6.45, 7) is 1.79. The first kappa shape index (κ1) is 28.6. The number of carboxylic acids is 1. The smallest absolute Gasteiger partial charge is 0.326 e. The zero-order valence-corrected chi connectivity index (χ0v) is 18.7. The van der Waals surface area contributed by atoms with Crippen molar-refractivity contribution in [3.8, 4) is 0 Å². The minimum absolute atomic E-state index is 0.232. The van der Waals surface area contributed by atoms with E-state index in [0.29, 0.717) is 25.1 Å². The molecule has 0 aliphatic heterocycles. The zero-order chi connectivity index (χ0) is 24.0. The summed E-state index contributed by atoms with van der Waals surface area (Å²) in [4.78, 5) is 59.3. The number of amides is 4. The molecule has 0 aromatic heterocycles. The number of unbranched alkanes of at least 4 members (excludes halogenated alkanes) is 1. The standard InChI is InChI=1S/C18H34N6O6S/c1-10(22-16(27)11(20)9-14(21)25)15(26)23-12(5-3-4-7-19)17(28)24-13(18(29)30)6-8-31-2/h10-13H,3-9,19-20H2,1-2H3,(H2,21,25)(H,22,27)(H,23,26)(H,24,28)(H,29,30). The first-order valence-corrected chi connectivity index (χ1v) is 11.3. The molecule has 31 heavy (non-hydrogen) atoms. The van der Waals surface area contributed by atoms with Crippen LogP contribution >= 0.6 is 11.8 Å². The number of rotatable bonds is 16. The fourth-order valence-electron chi connectivity index (χ4n) is 2.52. The molecule has 0 aromatic rings. The highest BCUT2D eigenvalue weighted by atomic mass is 32.2. The van der Waals surface area contributed by atoms with Crippen LogP contribution in [-0.4, -0.2) is 77.4 Å². The quantitative estimate of drug-likeness (QED) is 0.122. The Morgan fingerprint density at radius 2 is 1.55 bits per heavy atom. The van der Waals surface area contributed by atoms with Crippen LogP contribution in [0.2, 0.25) is 0 Å². The lowest BCUT2D eigenvalue weighted by atomic mass is 10.1. The highest BCUT2D eigenvalue weighted by Crippen LogP contribution is 2.05. The Morgan fingerprint density at radius 1 is 0.935 bits per heavy atom. The van der Waals surface area contributed by atoms with E-state index in [1.54, 1.807) is 0 Å². The van der Waals surface area contributed by atoms with E-state index in [2.05, 4.69) is 16.0 Å². The molecule has 0 spiro atoms. The average Bonchev–Trinajstić information content (AvgIpc) is 2.69. The van der Waals surface area contributed by atoms with Crippen molar-refractivity contribution in [1.82, 2.24) is 16.0 Å². The number of carbonyl (C=O) groups excluding carboxylic acids is 4. The minimum Gasteiger partial charge on any atom is -0.480 e. The molecule has 0 saturated carbocycles. The maximum atomic E-state index is 12.6. The topological polar surface area (TPSA) is 220 Å². The van der Waals surface area contributed by atoms with Gasteiger partial charge in [0, 0.05) is 0 Å². The van der Waals surface area contributed by atoms with Gasteiger partial charge in [-0.25, -0.2) is 4.79 Å². The van der Waals surface area contributed by atoms with Crippen LogP contribution in [0.25, 0.3) is 0 Å². The maximum absolute atomic E-state index is 12.6. The lowest BCUT2D eigenvalue weighted by Gasteiger charge is -2.23. The molecule has 12 nitrogen and oxygen atoms in total. The minimum atomic E-state index is -1.20. The lowest BCUT2D eigenvalue weighted by molar-refractivity contribution is -0.142. The third kappa shape index (κ3) is 12.2. The predicted molar refractivity (Wildman–Crippen MR) is 117 cm³/mol. The molecule has 0 aliphatic rings. The molecule has 0 radical (unpaired) electrons. The molecular weight excluding hydrogens is 428 g/mol. The van der Waals surface area contributed by atoms with E-state index in [-0.39, 0.29) is 19.3 Å². The van der Waals surface area contributed by atoms with Gasteiger partial charge in [0.15, 0.2) is 0 Å². The number of carboxylic acid groups (broad SMARTS) is 1. The second kappa shape index (κ2) is 15.4. The van der Waals surface area contributed by atoms with Crippen LogP contribution in [-0.2, 0) is 24.0 Å². The molecule has 4 atom stereocenters. The zero-order valence-electron chi connectivity index (χ0n) is 17.9. The van der Waals surface area contributed by atoms with Crippen molar-refractivity contribution in [2.24, 2.45) is 17.2 Å².